The lowest BCUT2D eigenvalue weighted by Crippen LogP contribution is -3.18. The molecule has 2 saturated heterocycles. The van der Waals surface area contributed by atoms with Crippen LogP contribution < -0.4 is 10.2 Å². The molecule has 28 heavy (non-hydrogen) atoms. The first-order valence-electron chi connectivity index (χ1n) is 10.1. The molecule has 1 aromatic rings. The molecule has 0 aliphatic carbocycles. The molecule has 1 amide bonds. The zero-order valence-electron chi connectivity index (χ0n) is 17.0. The highest BCUT2D eigenvalue weighted by atomic mass is 32.2. The van der Waals surface area contributed by atoms with Crippen molar-refractivity contribution in [2.45, 2.75) is 38.1 Å². The van der Waals surface area contributed by atoms with Gasteiger partial charge in [0.2, 0.25) is 10.0 Å². The molecule has 2 fully saturated rings. The van der Waals surface area contributed by atoms with Crippen LogP contribution in [0.3, 0.4) is 0 Å². The van der Waals surface area contributed by atoms with Crippen LogP contribution in [0, 0.1) is 11.8 Å². The Hall–Kier alpha value is -1.48. The van der Waals surface area contributed by atoms with E-state index in [9.17, 15) is 13.2 Å². The minimum Gasteiger partial charge on any atom is -0.379 e. The number of carbonyl (C=O) groups is 1. The Morgan fingerprint density at radius 1 is 1.14 bits per heavy atom. The molecule has 2 heterocycles. The second-order valence-corrected chi connectivity index (χ2v) is 10.2. The van der Waals surface area contributed by atoms with Gasteiger partial charge in [-0.15, -0.1) is 0 Å². The van der Waals surface area contributed by atoms with E-state index in [2.05, 4.69) is 19.2 Å². The average molecular weight is 411 g/mol. The number of quaternary nitrogens is 1. The molecule has 0 saturated carbocycles. The summed E-state index contributed by atoms with van der Waals surface area (Å²) in [6.07, 6.45) is 1.22. The predicted octanol–water partition coefficient (Wildman–Crippen LogP) is 0.595. The van der Waals surface area contributed by atoms with Crippen molar-refractivity contribution in [3.8, 4) is 0 Å². The van der Waals surface area contributed by atoms with Crippen molar-refractivity contribution < 1.29 is 22.8 Å². The molecule has 156 valence electrons. The van der Waals surface area contributed by atoms with Crippen molar-refractivity contribution in [3.63, 3.8) is 0 Å². The summed E-state index contributed by atoms with van der Waals surface area (Å²) in [5, 5.41) is 2.94. The highest BCUT2D eigenvalue weighted by Gasteiger charge is 2.32. The number of sulfonamides is 1. The number of amides is 1. The minimum absolute atomic E-state index is 0.0277. The third-order valence-corrected chi connectivity index (χ3v) is 7.67. The van der Waals surface area contributed by atoms with Gasteiger partial charge in [0.15, 0.2) is 6.04 Å². The molecule has 2 aliphatic rings. The van der Waals surface area contributed by atoms with Crippen LogP contribution in [-0.4, -0.2) is 64.1 Å². The number of hydrogen-bond donors (Lipinski definition) is 2. The fourth-order valence-corrected chi connectivity index (χ4v) is 5.68. The van der Waals surface area contributed by atoms with Crippen LogP contribution in [0.4, 0.5) is 5.69 Å². The summed E-state index contributed by atoms with van der Waals surface area (Å²) >= 11 is 0. The van der Waals surface area contributed by atoms with Crippen molar-refractivity contribution in [3.05, 3.63) is 24.3 Å². The topological polar surface area (TPSA) is 80.2 Å². The van der Waals surface area contributed by atoms with E-state index in [0.717, 1.165) is 13.1 Å². The maximum absolute atomic E-state index is 12.7. The van der Waals surface area contributed by atoms with Crippen LogP contribution in [0.2, 0.25) is 0 Å². The smallest absolute Gasteiger partial charge is 0.282 e. The van der Waals surface area contributed by atoms with E-state index in [-0.39, 0.29) is 16.8 Å². The van der Waals surface area contributed by atoms with Crippen molar-refractivity contribution >= 4 is 21.6 Å². The zero-order valence-corrected chi connectivity index (χ0v) is 17.8. The fraction of sp³-hybridized carbons (Fsp3) is 0.650. The lowest BCUT2D eigenvalue weighted by atomic mass is 9.91. The van der Waals surface area contributed by atoms with E-state index in [1.54, 1.807) is 24.3 Å². The number of morpholine rings is 1. The van der Waals surface area contributed by atoms with E-state index in [1.807, 2.05) is 6.92 Å². The minimum atomic E-state index is -3.52. The average Bonchev–Trinajstić information content (AvgIpc) is 2.67. The lowest BCUT2D eigenvalue weighted by molar-refractivity contribution is -0.925. The number of piperidine rings is 1. The third kappa shape index (κ3) is 4.92. The maximum Gasteiger partial charge on any atom is 0.282 e. The molecule has 0 aromatic heterocycles. The Labute approximate surface area is 168 Å². The number of anilines is 1. The number of hydrogen-bond acceptors (Lipinski definition) is 4. The Balaban J connectivity index is 1.62. The fourth-order valence-electron chi connectivity index (χ4n) is 4.27. The lowest BCUT2D eigenvalue weighted by Gasteiger charge is -2.35. The Morgan fingerprint density at radius 3 is 2.29 bits per heavy atom. The van der Waals surface area contributed by atoms with E-state index in [1.165, 1.54) is 15.6 Å². The van der Waals surface area contributed by atoms with Crippen LogP contribution in [-0.2, 0) is 19.6 Å². The maximum atomic E-state index is 12.7. The van der Waals surface area contributed by atoms with Crippen molar-refractivity contribution in [2.24, 2.45) is 11.8 Å². The number of likely N-dealkylation sites (tertiary alicyclic amines) is 1. The Morgan fingerprint density at radius 2 is 1.71 bits per heavy atom. The SMILES string of the molecule is C[C@@H]1C[C@@H](C)C[NH+]([C@@H](C)C(=O)Nc2ccc(S(=O)(=O)N3CCOCC3)cc2)C1. The van der Waals surface area contributed by atoms with Crippen LogP contribution in [0.5, 0.6) is 0 Å². The first-order chi connectivity index (χ1) is 13.3. The summed E-state index contributed by atoms with van der Waals surface area (Å²) in [6.45, 7) is 10.0. The molecule has 0 spiro atoms. The molecule has 0 bridgehead atoms. The van der Waals surface area contributed by atoms with Gasteiger partial charge in [-0.2, -0.15) is 4.31 Å². The van der Waals surface area contributed by atoms with Crippen molar-refractivity contribution in [1.82, 2.24) is 4.31 Å². The highest BCUT2D eigenvalue weighted by Crippen LogP contribution is 2.19. The Kier molecular flexibility index (Phi) is 6.75. The first-order valence-corrected chi connectivity index (χ1v) is 11.5. The van der Waals surface area contributed by atoms with Crippen LogP contribution in [0.25, 0.3) is 0 Å². The molecule has 7 nitrogen and oxygen atoms in total. The van der Waals surface area contributed by atoms with Gasteiger partial charge in [-0.3, -0.25) is 4.79 Å². The van der Waals surface area contributed by atoms with Gasteiger partial charge in [0, 0.05) is 30.6 Å². The normalized spacial score (nSPS) is 27.9. The number of rotatable bonds is 5. The van der Waals surface area contributed by atoms with Gasteiger partial charge in [0.25, 0.3) is 5.91 Å². The van der Waals surface area contributed by atoms with Crippen molar-refractivity contribution in [2.75, 3.05) is 44.7 Å². The van der Waals surface area contributed by atoms with E-state index in [4.69, 9.17) is 4.74 Å². The molecule has 3 rings (SSSR count). The standard InChI is InChI=1S/C20H31N3O4S/c1-15-12-16(2)14-22(13-15)17(3)20(24)21-18-4-6-19(7-5-18)28(25,26)23-8-10-27-11-9-23/h4-7,15-17H,8-14H2,1-3H3,(H,21,24)/p+1/t15-,16-,17+/m1/s1. The van der Waals surface area contributed by atoms with Gasteiger partial charge in [-0.25, -0.2) is 8.42 Å². The van der Waals surface area contributed by atoms with E-state index < -0.39 is 10.0 Å². The highest BCUT2D eigenvalue weighted by molar-refractivity contribution is 7.89. The second-order valence-electron chi connectivity index (χ2n) is 8.26. The van der Waals surface area contributed by atoms with Gasteiger partial charge in [0.05, 0.1) is 31.2 Å². The zero-order chi connectivity index (χ0) is 20.3. The largest absolute Gasteiger partial charge is 0.379 e. The van der Waals surface area contributed by atoms with Crippen LogP contribution >= 0.6 is 0 Å². The molecular weight excluding hydrogens is 378 g/mol. The quantitative estimate of drug-likeness (QED) is 0.745. The summed E-state index contributed by atoms with van der Waals surface area (Å²) in [6, 6.07) is 6.30. The van der Waals surface area contributed by atoms with Crippen LogP contribution in [0.15, 0.2) is 29.2 Å². The second kappa shape index (κ2) is 8.90. The first kappa shape index (κ1) is 21.2. The van der Waals surface area contributed by atoms with Gasteiger partial charge < -0.3 is 15.0 Å². The number of nitrogens with one attached hydrogen (secondary N) is 2. The molecule has 0 unspecified atom stereocenters. The molecule has 0 radical (unpaired) electrons. The predicted molar refractivity (Wildman–Crippen MR) is 108 cm³/mol. The summed E-state index contributed by atoms with van der Waals surface area (Å²) in [4.78, 5) is 14.2. The van der Waals surface area contributed by atoms with Gasteiger partial charge >= 0.3 is 0 Å². The summed E-state index contributed by atoms with van der Waals surface area (Å²) in [5.41, 5.74) is 0.621. The van der Waals surface area contributed by atoms with Crippen molar-refractivity contribution in [1.29, 1.82) is 0 Å². The Bertz CT molecular complexity index is 765. The monoisotopic (exact) mass is 410 g/mol. The van der Waals surface area contributed by atoms with Crippen LogP contribution in [0.1, 0.15) is 27.2 Å². The van der Waals surface area contributed by atoms with E-state index in [0.29, 0.717) is 43.8 Å². The van der Waals surface area contributed by atoms with Gasteiger partial charge in [-0.1, -0.05) is 13.8 Å². The summed E-state index contributed by atoms with van der Waals surface area (Å²) in [7, 11) is -3.52. The van der Waals surface area contributed by atoms with E-state index >= 15 is 0 Å². The number of carbonyl (C=O) groups excluding carboxylic acids is 1. The number of benzene rings is 1. The molecule has 1 aromatic carbocycles. The molecule has 2 N–H and O–H groups in total. The number of ether oxygens (including phenoxy) is 1. The molecule has 3 atom stereocenters. The summed E-state index contributed by atoms with van der Waals surface area (Å²) in [5.74, 6) is 1.22. The summed E-state index contributed by atoms with van der Waals surface area (Å²) < 4.78 is 32.0. The van der Waals surface area contributed by atoms with Gasteiger partial charge in [-0.05, 0) is 37.6 Å². The number of nitrogens with zero attached hydrogens (tertiary/aromatic N) is 1. The third-order valence-electron chi connectivity index (χ3n) is 5.76. The van der Waals surface area contributed by atoms with Gasteiger partial charge in [0.1, 0.15) is 0 Å². The molecule has 8 heteroatoms. The molecular formula is C20H32N3O4S+. The molecule has 2 aliphatic heterocycles.